The van der Waals surface area contributed by atoms with Crippen molar-refractivity contribution in [2.24, 2.45) is 0 Å². The molecule has 0 heterocycles. The van der Waals surface area contributed by atoms with Gasteiger partial charge < -0.3 is 0 Å². The van der Waals surface area contributed by atoms with Crippen LogP contribution in [0.4, 0.5) is 0 Å². The van der Waals surface area contributed by atoms with Gasteiger partial charge in [-0.2, -0.15) is 0 Å². The number of hydrogen-bond acceptors (Lipinski definition) is 2. The summed E-state index contributed by atoms with van der Waals surface area (Å²) < 4.78 is 0.970. The predicted molar refractivity (Wildman–Crippen MR) is 40.3 cm³/mol. The molecule has 0 unspecified atom stereocenters. The number of hydrazine groups is 1. The van der Waals surface area contributed by atoms with Crippen molar-refractivity contribution in [1.82, 2.24) is 10.9 Å². The third-order valence-electron chi connectivity index (χ3n) is 0.567. The van der Waals surface area contributed by atoms with E-state index in [4.69, 9.17) is 0 Å². The highest BCUT2D eigenvalue weighted by Gasteiger charge is 1.74. The van der Waals surface area contributed by atoms with Crippen molar-refractivity contribution in [3.05, 3.63) is 0 Å². The molecule has 0 aliphatic heterocycles. The van der Waals surface area contributed by atoms with Gasteiger partial charge in [-0.1, -0.05) is 29.5 Å². The van der Waals surface area contributed by atoms with Crippen LogP contribution in [0.25, 0.3) is 0 Å². The Bertz CT molecular complexity index is 28.9. The van der Waals surface area contributed by atoms with Crippen LogP contribution in [0.5, 0.6) is 0 Å². The van der Waals surface area contributed by atoms with Gasteiger partial charge in [0, 0.05) is 6.54 Å². The minimum atomic E-state index is 0.970. The van der Waals surface area contributed by atoms with Crippen LogP contribution in [0.3, 0.4) is 0 Å². The first-order chi connectivity index (χ1) is 3.41. The van der Waals surface area contributed by atoms with E-state index in [1.807, 2.05) is 0 Å². The molecule has 0 aromatic carbocycles. The Kier molecular flexibility index (Phi) is 7.27. The molecule has 0 fully saturated rings. The summed E-state index contributed by atoms with van der Waals surface area (Å²) in [5.41, 5.74) is 6.01. The van der Waals surface area contributed by atoms with Gasteiger partial charge in [0.05, 0.1) is 4.55 Å². The molecule has 2 nitrogen and oxygen atoms in total. The predicted octanol–water partition coefficient (Wildman–Crippen LogP) is 0.883. The van der Waals surface area contributed by atoms with Crippen molar-refractivity contribution < 1.29 is 0 Å². The molecular formula is C4H11IN2. The van der Waals surface area contributed by atoms with Gasteiger partial charge in [-0.05, 0) is 6.42 Å². The molecule has 0 spiro atoms. The van der Waals surface area contributed by atoms with Crippen LogP contribution in [0, 0.1) is 0 Å². The van der Waals surface area contributed by atoms with Gasteiger partial charge in [0.2, 0.25) is 0 Å². The maximum Gasteiger partial charge on any atom is 0.0618 e. The van der Waals surface area contributed by atoms with Crippen LogP contribution in [-0.4, -0.2) is 11.1 Å². The zero-order chi connectivity index (χ0) is 5.54. The largest absolute Gasteiger partial charge is 0.257 e. The normalized spacial score (nSPS) is 9.43. The van der Waals surface area contributed by atoms with Gasteiger partial charge in [-0.3, -0.25) is 5.43 Å². The molecular weight excluding hydrogens is 203 g/mol. The van der Waals surface area contributed by atoms with Crippen LogP contribution in [-0.2, 0) is 0 Å². The first-order valence-electron chi connectivity index (χ1n) is 2.43. The molecule has 0 saturated heterocycles. The molecule has 0 rings (SSSR count). The molecule has 0 aromatic rings. The average molecular weight is 214 g/mol. The van der Waals surface area contributed by atoms with Crippen molar-refractivity contribution in [3.8, 4) is 0 Å². The van der Waals surface area contributed by atoms with Gasteiger partial charge in [0.25, 0.3) is 0 Å². The third kappa shape index (κ3) is 6.65. The Hall–Kier alpha value is 0.650. The lowest BCUT2D eigenvalue weighted by Crippen LogP contribution is -2.30. The highest BCUT2D eigenvalue weighted by Crippen LogP contribution is 1.70. The van der Waals surface area contributed by atoms with Gasteiger partial charge in [0.15, 0.2) is 0 Å². The fourth-order valence-corrected chi connectivity index (χ4v) is 0.530. The average Bonchev–Trinajstić information content (AvgIpc) is 1.69. The summed E-state index contributed by atoms with van der Waals surface area (Å²) in [7, 11) is 0. The molecule has 0 saturated carbocycles. The molecule has 0 aliphatic rings. The second-order valence-corrected chi connectivity index (χ2v) is 2.00. The zero-order valence-corrected chi connectivity index (χ0v) is 6.66. The summed E-state index contributed by atoms with van der Waals surface area (Å²) in [5, 5.41) is 0. The Balaban J connectivity index is 2.45. The molecule has 7 heavy (non-hydrogen) atoms. The van der Waals surface area contributed by atoms with E-state index in [0.29, 0.717) is 0 Å². The van der Waals surface area contributed by atoms with E-state index >= 15 is 0 Å². The molecule has 3 heteroatoms. The summed E-state index contributed by atoms with van der Waals surface area (Å²) in [6, 6.07) is 0. The topological polar surface area (TPSA) is 24.1 Å². The summed E-state index contributed by atoms with van der Waals surface area (Å²) in [5.74, 6) is 0. The Morgan fingerprint density at radius 3 is 2.57 bits per heavy atom. The number of nitrogens with one attached hydrogen (secondary N) is 2. The van der Waals surface area contributed by atoms with Gasteiger partial charge in [0.1, 0.15) is 0 Å². The number of alkyl halides is 1. The SMILES string of the molecule is CCCNNCI. The summed E-state index contributed by atoms with van der Waals surface area (Å²) in [4.78, 5) is 0. The standard InChI is InChI=1S/C4H11IN2/c1-2-3-6-7-4-5/h6-7H,2-4H2,1H3. The van der Waals surface area contributed by atoms with Gasteiger partial charge in [-0.15, -0.1) is 0 Å². The van der Waals surface area contributed by atoms with Gasteiger partial charge in [-0.25, -0.2) is 5.43 Å². The molecule has 0 aromatic heterocycles. The number of rotatable bonds is 4. The van der Waals surface area contributed by atoms with Crippen LogP contribution in [0.15, 0.2) is 0 Å². The van der Waals surface area contributed by atoms with Crippen molar-refractivity contribution in [2.45, 2.75) is 13.3 Å². The minimum absolute atomic E-state index is 0.970. The maximum absolute atomic E-state index is 3.03. The van der Waals surface area contributed by atoms with E-state index in [-0.39, 0.29) is 0 Å². The van der Waals surface area contributed by atoms with E-state index in [0.717, 1.165) is 11.1 Å². The molecule has 2 N–H and O–H groups in total. The quantitative estimate of drug-likeness (QED) is 0.238. The number of hydrogen-bond donors (Lipinski definition) is 2. The molecule has 0 amide bonds. The Morgan fingerprint density at radius 2 is 2.14 bits per heavy atom. The monoisotopic (exact) mass is 214 g/mol. The summed E-state index contributed by atoms with van der Waals surface area (Å²) >= 11 is 2.25. The Labute approximate surface area is 58.2 Å². The van der Waals surface area contributed by atoms with Crippen LogP contribution < -0.4 is 10.9 Å². The van der Waals surface area contributed by atoms with Crippen LogP contribution in [0.2, 0.25) is 0 Å². The molecule has 0 aliphatic carbocycles. The lowest BCUT2D eigenvalue weighted by atomic mass is 10.5. The van der Waals surface area contributed by atoms with E-state index in [1.165, 1.54) is 6.42 Å². The minimum Gasteiger partial charge on any atom is -0.257 e. The smallest absolute Gasteiger partial charge is 0.0618 e. The van der Waals surface area contributed by atoms with Crippen LogP contribution in [0.1, 0.15) is 13.3 Å². The maximum atomic E-state index is 3.03. The second-order valence-electron chi connectivity index (χ2n) is 1.24. The molecule has 0 bridgehead atoms. The second kappa shape index (κ2) is 6.65. The summed E-state index contributed by atoms with van der Waals surface area (Å²) in [6.45, 7) is 3.20. The lowest BCUT2D eigenvalue weighted by molar-refractivity contribution is 0.585. The lowest BCUT2D eigenvalue weighted by Gasteiger charge is -1.98. The highest BCUT2D eigenvalue weighted by molar-refractivity contribution is 14.1. The van der Waals surface area contributed by atoms with E-state index in [9.17, 15) is 0 Å². The zero-order valence-electron chi connectivity index (χ0n) is 4.50. The molecule has 44 valence electrons. The Morgan fingerprint density at radius 1 is 1.43 bits per heavy atom. The first-order valence-corrected chi connectivity index (χ1v) is 3.96. The summed E-state index contributed by atoms with van der Waals surface area (Å²) in [6.07, 6.45) is 1.18. The fourth-order valence-electron chi connectivity index (χ4n) is 0.261. The van der Waals surface area contributed by atoms with Crippen molar-refractivity contribution >= 4 is 22.6 Å². The van der Waals surface area contributed by atoms with Crippen molar-refractivity contribution in [3.63, 3.8) is 0 Å². The van der Waals surface area contributed by atoms with Crippen molar-refractivity contribution in [2.75, 3.05) is 11.1 Å². The highest BCUT2D eigenvalue weighted by atomic mass is 127. The van der Waals surface area contributed by atoms with Crippen molar-refractivity contribution in [1.29, 1.82) is 0 Å². The third-order valence-corrected chi connectivity index (χ3v) is 0.948. The van der Waals surface area contributed by atoms with E-state index in [1.54, 1.807) is 0 Å². The fraction of sp³-hybridized carbons (Fsp3) is 1.00. The molecule has 0 radical (unpaired) electrons. The first kappa shape index (κ1) is 7.65. The molecule has 0 atom stereocenters. The number of halogens is 1. The van der Waals surface area contributed by atoms with Crippen LogP contribution >= 0.6 is 22.6 Å². The van der Waals surface area contributed by atoms with Gasteiger partial charge >= 0.3 is 0 Å². The van der Waals surface area contributed by atoms with E-state index in [2.05, 4.69) is 40.4 Å². The van der Waals surface area contributed by atoms with E-state index < -0.39 is 0 Å².